The van der Waals surface area contributed by atoms with Gasteiger partial charge in [-0.2, -0.15) is 4.98 Å². The Morgan fingerprint density at radius 1 is 1.18 bits per heavy atom. The molecule has 1 unspecified atom stereocenters. The van der Waals surface area contributed by atoms with Crippen LogP contribution in [0, 0.1) is 6.92 Å². The molecule has 0 amide bonds. The van der Waals surface area contributed by atoms with Crippen LogP contribution in [0.25, 0.3) is 16.9 Å². The number of piperazine rings is 1. The summed E-state index contributed by atoms with van der Waals surface area (Å²) in [5.41, 5.74) is 3.14. The number of anilines is 3. The molecular weight excluding hydrogens is 494 g/mol. The molecule has 0 spiro atoms. The van der Waals surface area contributed by atoms with Crippen LogP contribution in [0.4, 0.5) is 17.3 Å². The van der Waals surface area contributed by atoms with E-state index < -0.39 is 0 Å². The van der Waals surface area contributed by atoms with Crippen molar-refractivity contribution in [3.05, 3.63) is 75.5 Å². The number of aromatic nitrogens is 6. The molecule has 4 heterocycles. The Morgan fingerprint density at radius 2 is 1.97 bits per heavy atom. The molecule has 11 nitrogen and oxygen atoms in total. The molecule has 0 radical (unpaired) electrons. The molecule has 1 saturated heterocycles. The zero-order chi connectivity index (χ0) is 27.8. The lowest BCUT2D eigenvalue weighted by atomic mass is 10.1. The van der Waals surface area contributed by atoms with E-state index in [0.29, 0.717) is 28.8 Å². The van der Waals surface area contributed by atoms with E-state index in [1.807, 2.05) is 19.9 Å². The quantitative estimate of drug-likeness (QED) is 0.364. The first-order valence-corrected chi connectivity index (χ1v) is 13.2. The zero-order valence-electron chi connectivity index (χ0n) is 23.1. The Kier molecular flexibility index (Phi) is 7.09. The van der Waals surface area contributed by atoms with Gasteiger partial charge in [-0.3, -0.25) is 9.59 Å². The summed E-state index contributed by atoms with van der Waals surface area (Å²) in [7, 11) is 2.17. The van der Waals surface area contributed by atoms with Gasteiger partial charge in [0.15, 0.2) is 11.5 Å². The fourth-order valence-corrected chi connectivity index (χ4v) is 4.99. The number of nitrogens with one attached hydrogen (secondary N) is 1. The van der Waals surface area contributed by atoms with Gasteiger partial charge < -0.3 is 15.1 Å². The molecule has 1 atom stereocenters. The molecule has 1 aliphatic rings. The maximum absolute atomic E-state index is 13.2. The number of fused-ring (bicyclic) bond motifs is 1. The van der Waals surface area contributed by atoms with Crippen LogP contribution < -0.4 is 21.3 Å². The molecule has 39 heavy (non-hydrogen) atoms. The van der Waals surface area contributed by atoms with Crippen molar-refractivity contribution in [1.82, 2.24) is 34.0 Å². The van der Waals surface area contributed by atoms with E-state index in [0.717, 1.165) is 30.9 Å². The maximum atomic E-state index is 13.2. The fraction of sp³-hybridized carbons (Fsp3) is 0.393. The summed E-state index contributed by atoms with van der Waals surface area (Å²) in [6.45, 7) is 15.2. The number of rotatable bonds is 7. The van der Waals surface area contributed by atoms with E-state index in [-0.39, 0.29) is 23.7 Å². The van der Waals surface area contributed by atoms with Gasteiger partial charge in [0, 0.05) is 49.3 Å². The normalized spacial score (nSPS) is 16.3. The van der Waals surface area contributed by atoms with Crippen molar-refractivity contribution in [3.8, 4) is 5.82 Å². The van der Waals surface area contributed by atoms with Gasteiger partial charge in [0.25, 0.3) is 11.1 Å². The highest BCUT2D eigenvalue weighted by atomic mass is 16.1. The number of hydrogen-bond acceptors (Lipinski definition) is 8. The molecule has 0 saturated carbocycles. The summed E-state index contributed by atoms with van der Waals surface area (Å²) < 4.78 is 4.49. The average Bonchev–Trinajstić information content (AvgIpc) is 3.17. The predicted octanol–water partition coefficient (Wildman–Crippen LogP) is 3.10. The lowest BCUT2D eigenvalue weighted by Gasteiger charge is -2.39. The summed E-state index contributed by atoms with van der Waals surface area (Å²) >= 11 is 0. The van der Waals surface area contributed by atoms with Crippen molar-refractivity contribution in [3.63, 3.8) is 0 Å². The Bertz CT molecular complexity index is 1650. The third kappa shape index (κ3) is 4.97. The molecule has 3 aromatic heterocycles. The Labute approximate surface area is 227 Å². The van der Waals surface area contributed by atoms with Crippen LogP contribution >= 0.6 is 0 Å². The van der Waals surface area contributed by atoms with Crippen molar-refractivity contribution in [2.45, 2.75) is 46.3 Å². The molecule has 0 bridgehead atoms. The van der Waals surface area contributed by atoms with E-state index in [1.165, 1.54) is 27.3 Å². The highest BCUT2D eigenvalue weighted by molar-refractivity contribution is 5.77. The summed E-state index contributed by atoms with van der Waals surface area (Å²) in [6.07, 6.45) is 3.15. The summed E-state index contributed by atoms with van der Waals surface area (Å²) in [4.78, 5) is 39.5. The molecule has 11 heteroatoms. The smallest absolute Gasteiger partial charge is 0.278 e. The minimum Gasteiger partial charge on any atom is -0.368 e. The largest absolute Gasteiger partial charge is 0.368 e. The van der Waals surface area contributed by atoms with E-state index in [1.54, 1.807) is 16.8 Å². The van der Waals surface area contributed by atoms with Gasteiger partial charge in [0.2, 0.25) is 5.95 Å². The van der Waals surface area contributed by atoms with Gasteiger partial charge in [-0.15, -0.1) is 11.7 Å². The summed E-state index contributed by atoms with van der Waals surface area (Å²) in [6, 6.07) is 9.63. The van der Waals surface area contributed by atoms with Crippen LogP contribution in [0.5, 0.6) is 0 Å². The first-order chi connectivity index (χ1) is 18.7. The van der Waals surface area contributed by atoms with E-state index in [4.69, 9.17) is 4.98 Å². The van der Waals surface area contributed by atoms with E-state index in [9.17, 15) is 9.59 Å². The molecule has 1 N–H and O–H groups in total. The molecule has 5 rings (SSSR count). The topological polar surface area (TPSA) is 106 Å². The second kappa shape index (κ2) is 10.5. The lowest BCUT2D eigenvalue weighted by molar-refractivity contribution is 0.234. The Balaban J connectivity index is 1.52. The average molecular weight is 530 g/mol. The third-order valence-electron chi connectivity index (χ3n) is 7.25. The molecular formula is C28H35N9O2. The van der Waals surface area contributed by atoms with Gasteiger partial charge in [-0.25, -0.2) is 19.0 Å². The summed E-state index contributed by atoms with van der Waals surface area (Å²) in [5, 5.41) is 8.16. The SMILES string of the molecule is C=CCn1c(=O)c2cnc(Nc3ccc(N4CCN(C)C(C)C4)c(C)c3)nc2n1-c1ccc(=O)n(C(C)C)n1. The first-order valence-electron chi connectivity index (χ1n) is 13.2. The highest BCUT2D eigenvalue weighted by Gasteiger charge is 2.22. The minimum atomic E-state index is -0.262. The molecule has 0 aliphatic carbocycles. The molecule has 204 valence electrons. The number of likely N-dealkylation sites (N-methyl/N-ethyl adjacent to an activating group) is 1. The van der Waals surface area contributed by atoms with Crippen molar-refractivity contribution in [2.75, 3.05) is 36.9 Å². The van der Waals surface area contributed by atoms with Crippen LogP contribution in [0.1, 0.15) is 32.4 Å². The standard InChI is InChI=1S/C28H35N9O2/c1-7-12-35-27(39)22-16-29-28(31-26(22)37(35)24-10-11-25(38)36(32-24)18(2)3)30-21-8-9-23(19(4)15-21)34-14-13-33(6)20(5)17-34/h7-11,15-16,18,20H,1,12-14,17H2,2-6H3,(H,29,30,31). The number of nitrogens with zero attached hydrogens (tertiary/aromatic N) is 8. The number of allylic oxidation sites excluding steroid dienone is 1. The van der Waals surface area contributed by atoms with Crippen LogP contribution in [-0.2, 0) is 6.54 Å². The number of hydrogen-bond donors (Lipinski definition) is 1. The zero-order valence-corrected chi connectivity index (χ0v) is 23.1. The predicted molar refractivity (Wildman–Crippen MR) is 155 cm³/mol. The van der Waals surface area contributed by atoms with Crippen molar-refractivity contribution >= 4 is 28.4 Å². The van der Waals surface area contributed by atoms with Crippen molar-refractivity contribution in [1.29, 1.82) is 0 Å². The van der Waals surface area contributed by atoms with Crippen LogP contribution in [-0.4, -0.2) is 66.7 Å². The number of aryl methyl sites for hydroxylation is 1. The van der Waals surface area contributed by atoms with Gasteiger partial charge in [0.05, 0.1) is 12.6 Å². The molecule has 1 fully saturated rings. The lowest BCUT2D eigenvalue weighted by Crippen LogP contribution is -2.50. The van der Waals surface area contributed by atoms with Gasteiger partial charge >= 0.3 is 0 Å². The van der Waals surface area contributed by atoms with Gasteiger partial charge in [-0.1, -0.05) is 6.08 Å². The van der Waals surface area contributed by atoms with Crippen molar-refractivity contribution in [2.24, 2.45) is 0 Å². The third-order valence-corrected chi connectivity index (χ3v) is 7.25. The second-order valence-electron chi connectivity index (χ2n) is 10.4. The Hall–Kier alpha value is -4.25. The second-order valence-corrected chi connectivity index (χ2v) is 10.4. The summed E-state index contributed by atoms with van der Waals surface area (Å²) in [5.74, 6) is 0.757. The number of benzene rings is 1. The van der Waals surface area contributed by atoms with Crippen LogP contribution in [0.2, 0.25) is 0 Å². The monoisotopic (exact) mass is 529 g/mol. The Morgan fingerprint density at radius 3 is 2.67 bits per heavy atom. The maximum Gasteiger partial charge on any atom is 0.278 e. The molecule has 1 aliphatic heterocycles. The fourth-order valence-electron chi connectivity index (χ4n) is 4.99. The van der Waals surface area contributed by atoms with Gasteiger partial charge in [-0.05, 0) is 64.6 Å². The van der Waals surface area contributed by atoms with Crippen LogP contribution in [0.3, 0.4) is 0 Å². The van der Waals surface area contributed by atoms with Crippen molar-refractivity contribution < 1.29 is 0 Å². The first kappa shape index (κ1) is 26.4. The van der Waals surface area contributed by atoms with Crippen LogP contribution in [0.15, 0.2) is 58.8 Å². The minimum absolute atomic E-state index is 0.147. The van der Waals surface area contributed by atoms with E-state index in [2.05, 4.69) is 64.8 Å². The van der Waals surface area contributed by atoms with Gasteiger partial charge in [0.1, 0.15) is 5.39 Å². The molecule has 1 aromatic carbocycles. The highest BCUT2D eigenvalue weighted by Crippen LogP contribution is 2.27. The van der Waals surface area contributed by atoms with E-state index >= 15 is 0 Å². The molecule has 4 aromatic rings.